The van der Waals surface area contributed by atoms with Gasteiger partial charge in [0.25, 0.3) is 0 Å². The number of methoxy groups -OCH3 is 1. The van der Waals surface area contributed by atoms with Crippen LogP contribution < -0.4 is 4.74 Å². The van der Waals surface area contributed by atoms with Crippen molar-refractivity contribution in [3.8, 4) is 5.75 Å². The Balaban J connectivity index is 2.42. The fourth-order valence-corrected chi connectivity index (χ4v) is 2.78. The largest absolute Gasteiger partial charge is 0.510 e. The molecular formula is C19H23FO3. The van der Waals surface area contributed by atoms with Crippen molar-refractivity contribution in [1.82, 2.24) is 0 Å². The van der Waals surface area contributed by atoms with Gasteiger partial charge >= 0.3 is 0 Å². The van der Waals surface area contributed by atoms with Crippen molar-refractivity contribution in [3.63, 3.8) is 0 Å². The van der Waals surface area contributed by atoms with E-state index in [2.05, 4.69) is 6.92 Å². The number of hydrogen-bond donors (Lipinski definition) is 1. The molecule has 0 aromatic heterocycles. The SMILES string of the molecule is COC\C(O)=C/C1=C(C)/C=C\COc2c(F)cccc2CC1C. The molecule has 1 unspecified atom stereocenters. The van der Waals surface area contributed by atoms with E-state index >= 15 is 0 Å². The van der Waals surface area contributed by atoms with E-state index in [1.165, 1.54) is 6.07 Å². The van der Waals surface area contributed by atoms with Gasteiger partial charge in [-0.3, -0.25) is 0 Å². The van der Waals surface area contributed by atoms with Crippen LogP contribution >= 0.6 is 0 Å². The number of aliphatic hydroxyl groups excluding tert-OH is 1. The highest BCUT2D eigenvalue weighted by atomic mass is 19.1. The van der Waals surface area contributed by atoms with E-state index in [1.807, 2.05) is 25.1 Å². The van der Waals surface area contributed by atoms with Crippen LogP contribution in [0.3, 0.4) is 0 Å². The zero-order chi connectivity index (χ0) is 16.8. The molecule has 0 spiro atoms. The van der Waals surface area contributed by atoms with E-state index < -0.39 is 0 Å². The Hall–Kier alpha value is -2.07. The minimum absolute atomic E-state index is 0.0981. The first-order chi connectivity index (χ1) is 11.0. The second kappa shape index (κ2) is 7.97. The highest BCUT2D eigenvalue weighted by Gasteiger charge is 2.17. The number of para-hydroxylation sites is 1. The summed E-state index contributed by atoms with van der Waals surface area (Å²) in [5.41, 5.74) is 2.88. The zero-order valence-electron chi connectivity index (χ0n) is 13.8. The summed E-state index contributed by atoms with van der Waals surface area (Å²) >= 11 is 0. The molecule has 0 saturated carbocycles. The molecule has 1 aromatic rings. The molecular weight excluding hydrogens is 295 g/mol. The lowest BCUT2D eigenvalue weighted by molar-refractivity contribution is 0.183. The van der Waals surface area contributed by atoms with Crippen molar-refractivity contribution in [2.24, 2.45) is 5.92 Å². The van der Waals surface area contributed by atoms with E-state index in [0.29, 0.717) is 18.8 Å². The number of halogens is 1. The topological polar surface area (TPSA) is 38.7 Å². The summed E-state index contributed by atoms with van der Waals surface area (Å²) in [5.74, 6) is 0.243. The first-order valence-corrected chi connectivity index (χ1v) is 7.69. The Morgan fingerprint density at radius 3 is 3.00 bits per heavy atom. The summed E-state index contributed by atoms with van der Waals surface area (Å²) in [7, 11) is 1.54. The van der Waals surface area contributed by atoms with Crippen molar-refractivity contribution in [2.45, 2.75) is 20.3 Å². The molecule has 0 bridgehead atoms. The number of rotatable bonds is 3. The molecule has 1 aliphatic rings. The molecule has 23 heavy (non-hydrogen) atoms. The summed E-state index contributed by atoms with van der Waals surface area (Å²) in [5, 5.41) is 9.96. The average Bonchev–Trinajstić information content (AvgIpc) is 2.50. The first-order valence-electron chi connectivity index (χ1n) is 7.69. The lowest BCUT2D eigenvalue weighted by Gasteiger charge is -2.20. The van der Waals surface area contributed by atoms with Crippen molar-refractivity contribution in [1.29, 1.82) is 0 Å². The van der Waals surface area contributed by atoms with Gasteiger partial charge in [-0.05, 0) is 54.2 Å². The molecule has 0 aliphatic carbocycles. The Morgan fingerprint density at radius 1 is 1.48 bits per heavy atom. The lowest BCUT2D eigenvalue weighted by Crippen LogP contribution is -2.10. The molecule has 124 valence electrons. The predicted octanol–water partition coefficient (Wildman–Crippen LogP) is 4.36. The van der Waals surface area contributed by atoms with Crippen molar-refractivity contribution in [2.75, 3.05) is 20.3 Å². The van der Waals surface area contributed by atoms with Gasteiger partial charge < -0.3 is 14.6 Å². The second-order valence-electron chi connectivity index (χ2n) is 5.75. The van der Waals surface area contributed by atoms with Gasteiger partial charge in [-0.15, -0.1) is 0 Å². The van der Waals surface area contributed by atoms with E-state index in [1.54, 1.807) is 19.3 Å². The normalized spacial score (nSPS) is 23.8. The van der Waals surface area contributed by atoms with Crippen LogP contribution in [0.4, 0.5) is 4.39 Å². The Kier molecular flexibility index (Phi) is 5.99. The van der Waals surface area contributed by atoms with Gasteiger partial charge in [-0.25, -0.2) is 4.39 Å². The van der Waals surface area contributed by atoms with Gasteiger partial charge in [0.1, 0.15) is 19.0 Å². The third-order valence-electron chi connectivity index (χ3n) is 3.87. The summed E-state index contributed by atoms with van der Waals surface area (Å²) in [4.78, 5) is 0. The summed E-state index contributed by atoms with van der Waals surface area (Å²) in [6, 6.07) is 4.98. The Morgan fingerprint density at radius 2 is 2.26 bits per heavy atom. The predicted molar refractivity (Wildman–Crippen MR) is 89.2 cm³/mol. The van der Waals surface area contributed by atoms with Crippen molar-refractivity contribution >= 4 is 0 Å². The fraction of sp³-hybridized carbons (Fsp3) is 0.368. The van der Waals surface area contributed by atoms with Gasteiger partial charge in [0.05, 0.1) is 0 Å². The number of hydrogen-bond acceptors (Lipinski definition) is 3. The van der Waals surface area contributed by atoms with Crippen LogP contribution in [0.1, 0.15) is 19.4 Å². The molecule has 0 fully saturated rings. The minimum Gasteiger partial charge on any atom is -0.510 e. The Bertz CT molecular complexity index is 644. The van der Waals surface area contributed by atoms with Crippen LogP contribution in [0.25, 0.3) is 0 Å². The van der Waals surface area contributed by atoms with Crippen LogP contribution in [0.5, 0.6) is 5.75 Å². The maximum atomic E-state index is 14.0. The maximum Gasteiger partial charge on any atom is 0.165 e. The number of ether oxygens (including phenoxy) is 2. The molecule has 4 heteroatoms. The number of benzene rings is 1. The fourth-order valence-electron chi connectivity index (χ4n) is 2.78. The summed E-state index contributed by atoms with van der Waals surface area (Å²) in [6.07, 6.45) is 6.17. The molecule has 0 radical (unpaired) electrons. The van der Waals surface area contributed by atoms with Crippen LogP contribution in [0, 0.1) is 11.7 Å². The van der Waals surface area contributed by atoms with Crippen molar-refractivity contribution in [3.05, 3.63) is 64.7 Å². The van der Waals surface area contributed by atoms with E-state index in [9.17, 15) is 9.50 Å². The second-order valence-corrected chi connectivity index (χ2v) is 5.75. The van der Waals surface area contributed by atoms with Gasteiger partial charge in [-0.2, -0.15) is 0 Å². The van der Waals surface area contributed by atoms with Crippen LogP contribution in [-0.2, 0) is 11.2 Å². The first kappa shape index (κ1) is 17.3. The molecule has 1 heterocycles. The summed E-state index contributed by atoms with van der Waals surface area (Å²) < 4.78 is 24.5. The Labute approximate surface area is 136 Å². The molecule has 1 atom stereocenters. The third kappa shape index (κ3) is 4.45. The van der Waals surface area contributed by atoms with Gasteiger partial charge in [-0.1, -0.05) is 25.1 Å². The van der Waals surface area contributed by atoms with Gasteiger partial charge in [0, 0.05) is 7.11 Å². The van der Waals surface area contributed by atoms with Crippen LogP contribution in [0.2, 0.25) is 0 Å². The number of aliphatic hydroxyl groups is 1. The average molecular weight is 318 g/mol. The van der Waals surface area contributed by atoms with Gasteiger partial charge in [0.2, 0.25) is 0 Å². The quantitative estimate of drug-likeness (QED) is 0.842. The molecule has 0 saturated heterocycles. The van der Waals surface area contributed by atoms with Crippen LogP contribution in [-0.4, -0.2) is 25.4 Å². The molecule has 1 N–H and O–H groups in total. The molecule has 3 nitrogen and oxygen atoms in total. The summed E-state index contributed by atoms with van der Waals surface area (Å²) in [6.45, 7) is 4.52. The zero-order valence-corrected chi connectivity index (χ0v) is 13.8. The molecule has 1 aromatic carbocycles. The monoisotopic (exact) mass is 318 g/mol. The lowest BCUT2D eigenvalue weighted by atomic mass is 9.89. The number of allylic oxidation sites excluding steroid dienone is 4. The van der Waals surface area contributed by atoms with E-state index in [-0.39, 0.29) is 24.1 Å². The third-order valence-corrected chi connectivity index (χ3v) is 3.87. The minimum atomic E-state index is -0.344. The molecule has 0 amide bonds. The van der Waals surface area contributed by atoms with E-state index in [4.69, 9.17) is 9.47 Å². The standard InChI is InChI=1S/C19H23FO3/c1-13-6-5-9-23-19-15(7-4-8-18(19)20)10-14(2)17(13)11-16(21)12-22-3/h4-8,11,14,21H,9-10,12H2,1-3H3/b6-5-,16-11+,17-13-. The highest BCUT2D eigenvalue weighted by Crippen LogP contribution is 2.30. The van der Waals surface area contributed by atoms with Crippen molar-refractivity contribution < 1.29 is 19.0 Å². The molecule has 2 rings (SSSR count). The highest BCUT2D eigenvalue weighted by molar-refractivity contribution is 5.40. The maximum absolute atomic E-state index is 14.0. The number of fused-ring (bicyclic) bond motifs is 1. The van der Waals surface area contributed by atoms with Crippen LogP contribution in [0.15, 0.2) is 53.3 Å². The van der Waals surface area contributed by atoms with Gasteiger partial charge in [0.15, 0.2) is 11.6 Å². The molecule has 1 aliphatic heterocycles. The van der Waals surface area contributed by atoms with E-state index in [0.717, 1.165) is 16.7 Å². The smallest absolute Gasteiger partial charge is 0.165 e.